The van der Waals surface area contributed by atoms with E-state index < -0.39 is 0 Å². The van der Waals surface area contributed by atoms with Crippen LogP contribution in [0, 0.1) is 13.8 Å². The second-order valence-corrected chi connectivity index (χ2v) is 5.29. The SMILES string of the molecule is Cc1ccc(C)c(C(N)c2cncc3ccccc23)c1. The molecule has 0 aliphatic rings. The monoisotopic (exact) mass is 262 g/mol. The molecule has 0 aliphatic carbocycles. The summed E-state index contributed by atoms with van der Waals surface area (Å²) in [6.45, 7) is 4.20. The molecule has 0 aliphatic heterocycles. The van der Waals surface area contributed by atoms with E-state index in [-0.39, 0.29) is 6.04 Å². The van der Waals surface area contributed by atoms with E-state index in [9.17, 15) is 0 Å². The fourth-order valence-electron chi connectivity index (χ4n) is 2.65. The van der Waals surface area contributed by atoms with Crippen molar-refractivity contribution in [2.75, 3.05) is 0 Å². The predicted octanol–water partition coefficient (Wildman–Crippen LogP) is 3.90. The van der Waals surface area contributed by atoms with Gasteiger partial charge >= 0.3 is 0 Å². The quantitative estimate of drug-likeness (QED) is 0.760. The summed E-state index contributed by atoms with van der Waals surface area (Å²) in [7, 11) is 0. The Bertz CT molecular complexity index is 757. The number of rotatable bonds is 2. The van der Waals surface area contributed by atoms with Crippen molar-refractivity contribution in [1.82, 2.24) is 4.98 Å². The van der Waals surface area contributed by atoms with Gasteiger partial charge in [-0.05, 0) is 35.9 Å². The van der Waals surface area contributed by atoms with Crippen molar-refractivity contribution >= 4 is 10.8 Å². The zero-order valence-electron chi connectivity index (χ0n) is 11.8. The number of nitrogens with zero attached hydrogens (tertiary/aromatic N) is 1. The minimum Gasteiger partial charge on any atom is -0.320 e. The smallest absolute Gasteiger partial charge is 0.0575 e. The summed E-state index contributed by atoms with van der Waals surface area (Å²) >= 11 is 0. The molecule has 100 valence electrons. The molecule has 3 aromatic rings. The van der Waals surface area contributed by atoms with E-state index in [0.29, 0.717) is 0 Å². The van der Waals surface area contributed by atoms with Crippen molar-refractivity contribution in [3.05, 3.63) is 77.1 Å². The highest BCUT2D eigenvalue weighted by Crippen LogP contribution is 2.28. The molecule has 1 heterocycles. The molecule has 0 fully saturated rings. The first-order valence-corrected chi connectivity index (χ1v) is 6.82. The van der Waals surface area contributed by atoms with E-state index in [1.165, 1.54) is 22.1 Å². The summed E-state index contributed by atoms with van der Waals surface area (Å²) < 4.78 is 0. The van der Waals surface area contributed by atoms with Crippen molar-refractivity contribution in [2.24, 2.45) is 5.73 Å². The van der Waals surface area contributed by atoms with Crippen LogP contribution in [0.25, 0.3) is 10.8 Å². The molecule has 0 spiro atoms. The molecule has 0 radical (unpaired) electrons. The van der Waals surface area contributed by atoms with Crippen LogP contribution in [0.1, 0.15) is 28.3 Å². The fraction of sp³-hybridized carbons (Fsp3) is 0.167. The average Bonchev–Trinajstić information content (AvgIpc) is 2.48. The lowest BCUT2D eigenvalue weighted by molar-refractivity contribution is 0.862. The largest absolute Gasteiger partial charge is 0.320 e. The van der Waals surface area contributed by atoms with Crippen molar-refractivity contribution < 1.29 is 0 Å². The lowest BCUT2D eigenvalue weighted by atomic mass is 9.92. The third-order valence-electron chi connectivity index (χ3n) is 3.80. The number of nitrogens with two attached hydrogens (primary N) is 1. The highest BCUT2D eigenvalue weighted by Gasteiger charge is 2.14. The summed E-state index contributed by atoms with van der Waals surface area (Å²) in [6, 6.07) is 14.5. The predicted molar refractivity (Wildman–Crippen MR) is 83.7 cm³/mol. The lowest BCUT2D eigenvalue weighted by Gasteiger charge is -2.17. The Morgan fingerprint density at radius 3 is 2.60 bits per heavy atom. The molecule has 1 aromatic heterocycles. The van der Waals surface area contributed by atoms with Gasteiger partial charge in [-0.15, -0.1) is 0 Å². The van der Waals surface area contributed by atoms with Crippen LogP contribution >= 0.6 is 0 Å². The van der Waals surface area contributed by atoms with Crippen molar-refractivity contribution in [1.29, 1.82) is 0 Å². The number of aryl methyl sites for hydroxylation is 2. The first-order valence-electron chi connectivity index (χ1n) is 6.82. The normalized spacial score (nSPS) is 12.6. The molecule has 1 unspecified atom stereocenters. The van der Waals surface area contributed by atoms with Crippen molar-refractivity contribution in [3.63, 3.8) is 0 Å². The van der Waals surface area contributed by atoms with E-state index in [1.54, 1.807) is 0 Å². The van der Waals surface area contributed by atoms with E-state index >= 15 is 0 Å². The van der Waals surface area contributed by atoms with Gasteiger partial charge in [0.1, 0.15) is 0 Å². The molecule has 20 heavy (non-hydrogen) atoms. The third kappa shape index (κ3) is 2.19. The summed E-state index contributed by atoms with van der Waals surface area (Å²) in [6.07, 6.45) is 3.77. The number of hydrogen-bond acceptors (Lipinski definition) is 2. The molecule has 2 aromatic carbocycles. The highest BCUT2D eigenvalue weighted by molar-refractivity contribution is 5.85. The van der Waals surface area contributed by atoms with Gasteiger partial charge in [-0.1, -0.05) is 48.0 Å². The Morgan fingerprint density at radius 1 is 0.950 bits per heavy atom. The van der Waals surface area contributed by atoms with Crippen molar-refractivity contribution in [3.8, 4) is 0 Å². The second-order valence-electron chi connectivity index (χ2n) is 5.29. The molecule has 3 rings (SSSR count). The zero-order chi connectivity index (χ0) is 14.1. The first-order chi connectivity index (χ1) is 9.66. The number of pyridine rings is 1. The maximum absolute atomic E-state index is 6.51. The Hall–Kier alpha value is -2.19. The van der Waals surface area contributed by atoms with Crippen molar-refractivity contribution in [2.45, 2.75) is 19.9 Å². The third-order valence-corrected chi connectivity index (χ3v) is 3.80. The van der Waals surface area contributed by atoms with Crippen LogP contribution < -0.4 is 5.73 Å². The molecule has 0 saturated carbocycles. The molecule has 2 nitrogen and oxygen atoms in total. The first kappa shape index (κ1) is 12.8. The minimum absolute atomic E-state index is 0.145. The van der Waals surface area contributed by atoms with Gasteiger partial charge < -0.3 is 5.73 Å². The lowest BCUT2D eigenvalue weighted by Crippen LogP contribution is -2.14. The Morgan fingerprint density at radius 2 is 1.75 bits per heavy atom. The molecule has 2 heteroatoms. The molecule has 1 atom stereocenters. The zero-order valence-corrected chi connectivity index (χ0v) is 11.8. The summed E-state index contributed by atoms with van der Waals surface area (Å²) in [5.74, 6) is 0. The summed E-state index contributed by atoms with van der Waals surface area (Å²) in [5.41, 5.74) is 11.2. The van der Waals surface area contributed by atoms with Crippen LogP contribution in [0.4, 0.5) is 0 Å². The second kappa shape index (κ2) is 5.06. The number of benzene rings is 2. The van der Waals surface area contributed by atoms with Gasteiger partial charge in [0, 0.05) is 17.8 Å². The van der Waals surface area contributed by atoms with Crippen LogP contribution in [-0.2, 0) is 0 Å². The fourth-order valence-corrected chi connectivity index (χ4v) is 2.65. The molecule has 0 bridgehead atoms. The van der Waals surface area contributed by atoms with E-state index in [2.05, 4.69) is 49.2 Å². The molecule has 0 amide bonds. The molecule has 2 N–H and O–H groups in total. The maximum atomic E-state index is 6.51. The van der Waals surface area contributed by atoms with Gasteiger partial charge in [-0.3, -0.25) is 4.98 Å². The van der Waals surface area contributed by atoms with Crippen LogP contribution in [0.5, 0.6) is 0 Å². The van der Waals surface area contributed by atoms with Crippen LogP contribution in [0.2, 0.25) is 0 Å². The molecule has 0 saturated heterocycles. The minimum atomic E-state index is -0.145. The summed E-state index contributed by atoms with van der Waals surface area (Å²) in [4.78, 5) is 4.33. The van der Waals surface area contributed by atoms with E-state index in [1.807, 2.05) is 24.5 Å². The van der Waals surface area contributed by atoms with Gasteiger partial charge in [0.2, 0.25) is 0 Å². The Kier molecular flexibility index (Phi) is 3.25. The topological polar surface area (TPSA) is 38.9 Å². The Balaban J connectivity index is 2.17. The van der Waals surface area contributed by atoms with E-state index in [4.69, 9.17) is 5.73 Å². The number of hydrogen-bond donors (Lipinski definition) is 1. The Labute approximate surface area is 119 Å². The van der Waals surface area contributed by atoms with Gasteiger partial charge in [-0.25, -0.2) is 0 Å². The molecular weight excluding hydrogens is 244 g/mol. The van der Waals surface area contributed by atoms with Crippen LogP contribution in [0.3, 0.4) is 0 Å². The summed E-state index contributed by atoms with van der Waals surface area (Å²) in [5, 5.41) is 2.31. The van der Waals surface area contributed by atoms with E-state index in [0.717, 1.165) is 10.9 Å². The van der Waals surface area contributed by atoms with Crippen LogP contribution in [-0.4, -0.2) is 4.98 Å². The van der Waals surface area contributed by atoms with Gasteiger partial charge in [-0.2, -0.15) is 0 Å². The maximum Gasteiger partial charge on any atom is 0.0575 e. The highest BCUT2D eigenvalue weighted by atomic mass is 14.7. The standard InChI is InChI=1S/C18H18N2/c1-12-7-8-13(2)16(9-12)18(19)17-11-20-10-14-5-3-4-6-15(14)17/h3-11,18H,19H2,1-2H3. The van der Waals surface area contributed by atoms with Gasteiger partial charge in [0.25, 0.3) is 0 Å². The van der Waals surface area contributed by atoms with Gasteiger partial charge in [0.15, 0.2) is 0 Å². The molecular formula is C18H18N2. The number of fused-ring (bicyclic) bond motifs is 1. The number of aromatic nitrogens is 1. The van der Waals surface area contributed by atoms with Gasteiger partial charge in [0.05, 0.1) is 6.04 Å². The average molecular weight is 262 g/mol. The van der Waals surface area contributed by atoms with Crippen LogP contribution in [0.15, 0.2) is 54.9 Å².